The van der Waals surface area contributed by atoms with E-state index >= 15 is 0 Å². The Labute approximate surface area is 199 Å². The van der Waals surface area contributed by atoms with E-state index in [0.29, 0.717) is 41.5 Å². The molecule has 0 aliphatic rings. The third-order valence-electron chi connectivity index (χ3n) is 5.46. The lowest BCUT2D eigenvalue weighted by Gasteiger charge is -2.10. The van der Waals surface area contributed by atoms with Gasteiger partial charge in [0.1, 0.15) is 0 Å². The minimum atomic E-state index is -4.40. The number of aliphatic carboxylic acids is 1. The van der Waals surface area contributed by atoms with Crippen LogP contribution >= 0.6 is 0 Å². The quantitative estimate of drug-likeness (QED) is 0.302. The largest absolute Gasteiger partial charge is 0.481 e. The Balaban J connectivity index is 1.48. The van der Waals surface area contributed by atoms with Crippen LogP contribution < -0.4 is 5.32 Å². The van der Waals surface area contributed by atoms with E-state index in [1.54, 1.807) is 24.3 Å². The van der Waals surface area contributed by atoms with Crippen molar-refractivity contribution in [3.05, 3.63) is 83.4 Å². The van der Waals surface area contributed by atoms with E-state index in [-0.39, 0.29) is 6.42 Å². The van der Waals surface area contributed by atoms with Gasteiger partial charge >= 0.3 is 12.1 Å². The second kappa shape index (κ2) is 10.1. The number of benzene rings is 3. The average molecular weight is 481 g/mol. The van der Waals surface area contributed by atoms with Gasteiger partial charge in [0.15, 0.2) is 0 Å². The van der Waals surface area contributed by atoms with Crippen LogP contribution in [0.5, 0.6) is 0 Å². The zero-order chi connectivity index (χ0) is 25.0. The normalized spacial score (nSPS) is 11.5. The van der Waals surface area contributed by atoms with Crippen LogP contribution in [0.3, 0.4) is 0 Å². The molecule has 0 saturated carbocycles. The highest BCUT2D eigenvalue weighted by Gasteiger charge is 2.30. The summed E-state index contributed by atoms with van der Waals surface area (Å²) < 4.78 is 44.6. The SMILES string of the molecule is Cc1cc(-c2cccc(C(F)(F)F)c2)ccc1-c1nc(-c2ccc(CNCCC(=O)O)cc2)no1. The van der Waals surface area contributed by atoms with Gasteiger partial charge in [-0.2, -0.15) is 18.2 Å². The van der Waals surface area contributed by atoms with Crippen molar-refractivity contribution in [1.82, 2.24) is 15.5 Å². The van der Waals surface area contributed by atoms with E-state index in [4.69, 9.17) is 9.63 Å². The molecule has 0 radical (unpaired) electrons. The second-order valence-electron chi connectivity index (χ2n) is 8.05. The number of carbonyl (C=O) groups is 1. The van der Waals surface area contributed by atoms with E-state index in [1.807, 2.05) is 31.2 Å². The molecular formula is C26H22F3N3O3. The molecule has 35 heavy (non-hydrogen) atoms. The molecule has 0 amide bonds. The topological polar surface area (TPSA) is 88.2 Å². The van der Waals surface area contributed by atoms with Crippen molar-refractivity contribution in [1.29, 1.82) is 0 Å². The van der Waals surface area contributed by atoms with Gasteiger partial charge in [-0.25, -0.2) is 0 Å². The van der Waals surface area contributed by atoms with Crippen LogP contribution in [0.1, 0.15) is 23.1 Å². The first-order chi connectivity index (χ1) is 16.7. The molecule has 0 atom stereocenters. The first-order valence-corrected chi connectivity index (χ1v) is 10.8. The number of hydrogen-bond donors (Lipinski definition) is 2. The minimum absolute atomic E-state index is 0.0596. The van der Waals surface area contributed by atoms with Gasteiger partial charge in [-0.3, -0.25) is 4.79 Å². The molecule has 6 nitrogen and oxygen atoms in total. The summed E-state index contributed by atoms with van der Waals surface area (Å²) in [5.41, 5.74) is 3.66. The van der Waals surface area contributed by atoms with Crippen molar-refractivity contribution in [3.8, 4) is 34.0 Å². The van der Waals surface area contributed by atoms with Crippen LogP contribution in [0.2, 0.25) is 0 Å². The Morgan fingerprint density at radius 1 is 1.00 bits per heavy atom. The number of nitrogens with one attached hydrogen (secondary N) is 1. The Bertz CT molecular complexity index is 1330. The number of hydrogen-bond acceptors (Lipinski definition) is 5. The van der Waals surface area contributed by atoms with Crippen molar-refractivity contribution in [2.24, 2.45) is 0 Å². The fourth-order valence-electron chi connectivity index (χ4n) is 3.61. The lowest BCUT2D eigenvalue weighted by molar-refractivity contribution is -0.138. The van der Waals surface area contributed by atoms with Crippen molar-refractivity contribution in [2.75, 3.05) is 6.54 Å². The molecule has 180 valence electrons. The number of halogens is 3. The molecule has 0 bridgehead atoms. The van der Waals surface area contributed by atoms with E-state index in [0.717, 1.165) is 28.8 Å². The molecule has 0 fully saturated rings. The lowest BCUT2D eigenvalue weighted by Crippen LogP contribution is -2.17. The maximum atomic E-state index is 13.1. The Kier molecular flexibility index (Phi) is 6.97. The first kappa shape index (κ1) is 24.2. The van der Waals surface area contributed by atoms with Gasteiger partial charge in [0.05, 0.1) is 12.0 Å². The Morgan fingerprint density at radius 3 is 2.40 bits per heavy atom. The molecule has 4 rings (SSSR count). The van der Waals surface area contributed by atoms with Gasteiger partial charge in [-0.1, -0.05) is 53.7 Å². The highest BCUT2D eigenvalue weighted by atomic mass is 19.4. The van der Waals surface area contributed by atoms with Crippen LogP contribution in [0.25, 0.3) is 34.0 Å². The summed E-state index contributed by atoms with van der Waals surface area (Å²) in [6.45, 7) is 2.77. The third kappa shape index (κ3) is 5.93. The summed E-state index contributed by atoms with van der Waals surface area (Å²) >= 11 is 0. The molecule has 1 heterocycles. The van der Waals surface area contributed by atoms with Crippen LogP contribution in [0, 0.1) is 6.92 Å². The van der Waals surface area contributed by atoms with Crippen LogP contribution in [-0.4, -0.2) is 27.8 Å². The smallest absolute Gasteiger partial charge is 0.416 e. The van der Waals surface area contributed by atoms with E-state index in [1.165, 1.54) is 6.07 Å². The van der Waals surface area contributed by atoms with Gasteiger partial charge in [-0.15, -0.1) is 0 Å². The summed E-state index contributed by atoms with van der Waals surface area (Å²) in [5.74, 6) is -0.124. The van der Waals surface area contributed by atoms with Crippen molar-refractivity contribution in [3.63, 3.8) is 0 Å². The second-order valence-corrected chi connectivity index (χ2v) is 8.05. The number of nitrogens with zero attached hydrogens (tertiary/aromatic N) is 2. The predicted molar refractivity (Wildman–Crippen MR) is 124 cm³/mol. The molecule has 0 aliphatic carbocycles. The van der Waals surface area contributed by atoms with Crippen LogP contribution in [-0.2, 0) is 17.5 Å². The standard InChI is InChI=1S/C26H22F3N3O3/c1-16-13-20(19-3-2-4-21(14-19)26(27,28)29)9-10-22(16)25-31-24(32-35-25)18-7-5-17(6-8-18)15-30-12-11-23(33)34/h2-10,13-14,30H,11-12,15H2,1H3,(H,33,34). The number of carboxylic acids is 1. The molecular weight excluding hydrogens is 459 g/mol. The Morgan fingerprint density at radius 2 is 1.71 bits per heavy atom. The van der Waals surface area contributed by atoms with E-state index in [2.05, 4.69) is 15.5 Å². The Hall–Kier alpha value is -3.98. The van der Waals surface area contributed by atoms with E-state index in [9.17, 15) is 18.0 Å². The van der Waals surface area contributed by atoms with Crippen molar-refractivity contribution < 1.29 is 27.6 Å². The van der Waals surface area contributed by atoms with Crippen molar-refractivity contribution in [2.45, 2.75) is 26.1 Å². The molecule has 0 unspecified atom stereocenters. The van der Waals surface area contributed by atoms with Crippen LogP contribution in [0.4, 0.5) is 13.2 Å². The van der Waals surface area contributed by atoms with Gasteiger partial charge in [0.2, 0.25) is 5.82 Å². The summed E-state index contributed by atoms with van der Waals surface area (Å²) in [4.78, 5) is 15.0. The summed E-state index contributed by atoms with van der Waals surface area (Å²) in [6.07, 6.45) is -4.34. The molecule has 3 aromatic carbocycles. The first-order valence-electron chi connectivity index (χ1n) is 10.8. The molecule has 0 spiro atoms. The van der Waals surface area contributed by atoms with E-state index < -0.39 is 17.7 Å². The number of aromatic nitrogens is 2. The highest BCUT2D eigenvalue weighted by molar-refractivity contribution is 5.71. The zero-order valence-electron chi connectivity index (χ0n) is 18.8. The fourth-order valence-corrected chi connectivity index (χ4v) is 3.61. The van der Waals surface area contributed by atoms with Crippen molar-refractivity contribution >= 4 is 5.97 Å². The number of rotatable bonds is 8. The fraction of sp³-hybridized carbons (Fsp3) is 0.192. The third-order valence-corrected chi connectivity index (χ3v) is 5.46. The number of alkyl halides is 3. The lowest BCUT2D eigenvalue weighted by atomic mass is 9.98. The maximum Gasteiger partial charge on any atom is 0.416 e. The number of carboxylic acid groups (broad SMARTS) is 1. The van der Waals surface area contributed by atoms with Gasteiger partial charge in [-0.05, 0) is 47.4 Å². The molecule has 1 aromatic heterocycles. The van der Waals surface area contributed by atoms with Gasteiger partial charge in [0, 0.05) is 24.2 Å². The van der Waals surface area contributed by atoms with Crippen LogP contribution in [0.15, 0.2) is 71.3 Å². The molecule has 4 aromatic rings. The number of aryl methyl sites for hydroxylation is 1. The van der Waals surface area contributed by atoms with Gasteiger partial charge < -0.3 is 14.9 Å². The average Bonchev–Trinajstić information content (AvgIpc) is 3.31. The maximum absolute atomic E-state index is 13.1. The minimum Gasteiger partial charge on any atom is -0.481 e. The highest BCUT2D eigenvalue weighted by Crippen LogP contribution is 2.34. The molecule has 9 heteroatoms. The predicted octanol–water partition coefficient (Wildman–Crippen LogP) is 5.96. The monoisotopic (exact) mass is 481 g/mol. The summed E-state index contributed by atoms with van der Waals surface area (Å²) in [6, 6.07) is 18.0. The molecule has 2 N–H and O–H groups in total. The summed E-state index contributed by atoms with van der Waals surface area (Å²) in [5, 5.41) is 15.8. The molecule has 0 saturated heterocycles. The molecule has 0 aliphatic heterocycles. The summed E-state index contributed by atoms with van der Waals surface area (Å²) in [7, 11) is 0. The zero-order valence-corrected chi connectivity index (χ0v) is 18.8. The van der Waals surface area contributed by atoms with Gasteiger partial charge in [0.25, 0.3) is 5.89 Å².